The van der Waals surface area contributed by atoms with Gasteiger partial charge in [0.25, 0.3) is 0 Å². The first-order valence-electron chi connectivity index (χ1n) is 5.33. The van der Waals surface area contributed by atoms with Crippen LogP contribution in [0.4, 0.5) is 0 Å². The zero-order valence-electron chi connectivity index (χ0n) is 9.59. The van der Waals surface area contributed by atoms with E-state index in [0.29, 0.717) is 11.5 Å². The molecule has 86 valence electrons. The molecule has 0 aliphatic carbocycles. The number of nitrogens with zero attached hydrogens (tertiary/aromatic N) is 2. The van der Waals surface area contributed by atoms with Crippen LogP contribution in [0.2, 0.25) is 0 Å². The van der Waals surface area contributed by atoms with E-state index in [1.807, 2.05) is 42.5 Å². The zero-order valence-corrected chi connectivity index (χ0v) is 9.59. The molecule has 17 heavy (non-hydrogen) atoms. The fourth-order valence-corrected chi connectivity index (χ4v) is 1.56. The predicted octanol–water partition coefficient (Wildman–Crippen LogP) is 1.59. The number of nitrogens with two attached hydrogens (primary N) is 1. The Labute approximate surface area is 100 Å². The summed E-state index contributed by atoms with van der Waals surface area (Å²) in [5.74, 6) is 0.380. The molecule has 2 rings (SSSR count). The van der Waals surface area contributed by atoms with Gasteiger partial charge in [-0.05, 0) is 23.3 Å². The standard InChI is InChI=1S/C13H14N4/c1-15-17-13(14)12-9-11(7-8-16-12)10-5-3-2-4-6-10/h2-9,15H,1H3,(H2,14,17). The quantitative estimate of drug-likeness (QED) is 0.474. The van der Waals surface area contributed by atoms with Gasteiger partial charge in [-0.1, -0.05) is 30.3 Å². The van der Waals surface area contributed by atoms with E-state index in [4.69, 9.17) is 5.73 Å². The van der Waals surface area contributed by atoms with E-state index in [0.717, 1.165) is 11.1 Å². The maximum atomic E-state index is 5.78. The fraction of sp³-hybridized carbons (Fsp3) is 0.0769. The van der Waals surface area contributed by atoms with Crippen LogP contribution < -0.4 is 11.2 Å². The lowest BCUT2D eigenvalue weighted by molar-refractivity contribution is 0.896. The summed E-state index contributed by atoms with van der Waals surface area (Å²) in [7, 11) is 1.70. The van der Waals surface area contributed by atoms with Crippen LogP contribution in [0.1, 0.15) is 5.69 Å². The van der Waals surface area contributed by atoms with Gasteiger partial charge in [-0.15, -0.1) is 0 Å². The molecule has 0 aliphatic heterocycles. The Morgan fingerprint density at radius 2 is 1.94 bits per heavy atom. The van der Waals surface area contributed by atoms with Gasteiger partial charge in [0, 0.05) is 13.2 Å². The molecule has 0 atom stereocenters. The summed E-state index contributed by atoms with van der Waals surface area (Å²) in [6.45, 7) is 0. The second-order valence-electron chi connectivity index (χ2n) is 3.52. The topological polar surface area (TPSA) is 63.3 Å². The van der Waals surface area contributed by atoms with Gasteiger partial charge in [0.1, 0.15) is 5.69 Å². The summed E-state index contributed by atoms with van der Waals surface area (Å²) in [5, 5.41) is 3.91. The molecule has 1 heterocycles. The molecule has 0 aliphatic rings. The van der Waals surface area contributed by atoms with Gasteiger partial charge in [-0.3, -0.25) is 4.98 Å². The van der Waals surface area contributed by atoms with E-state index in [9.17, 15) is 0 Å². The number of benzene rings is 1. The molecule has 3 N–H and O–H groups in total. The molecule has 1 aromatic heterocycles. The summed E-state index contributed by atoms with van der Waals surface area (Å²) in [4.78, 5) is 4.19. The molecule has 0 radical (unpaired) electrons. The summed E-state index contributed by atoms with van der Waals surface area (Å²) >= 11 is 0. The van der Waals surface area contributed by atoms with Crippen molar-refractivity contribution in [2.24, 2.45) is 10.8 Å². The van der Waals surface area contributed by atoms with Crippen molar-refractivity contribution in [3.05, 3.63) is 54.4 Å². The van der Waals surface area contributed by atoms with Crippen molar-refractivity contribution in [2.45, 2.75) is 0 Å². The van der Waals surface area contributed by atoms with Crippen LogP contribution in [0.5, 0.6) is 0 Å². The van der Waals surface area contributed by atoms with Crippen LogP contribution in [0.25, 0.3) is 11.1 Å². The van der Waals surface area contributed by atoms with Crippen LogP contribution in [-0.4, -0.2) is 17.9 Å². The Balaban J connectivity index is 2.39. The molecule has 4 nitrogen and oxygen atoms in total. The van der Waals surface area contributed by atoms with Crippen LogP contribution >= 0.6 is 0 Å². The highest BCUT2D eigenvalue weighted by molar-refractivity contribution is 5.96. The van der Waals surface area contributed by atoms with Crippen LogP contribution in [-0.2, 0) is 0 Å². The van der Waals surface area contributed by atoms with Crippen LogP contribution in [0.3, 0.4) is 0 Å². The minimum Gasteiger partial charge on any atom is -0.380 e. The van der Waals surface area contributed by atoms with Crippen molar-refractivity contribution in [3.63, 3.8) is 0 Å². The highest BCUT2D eigenvalue weighted by Gasteiger charge is 2.03. The van der Waals surface area contributed by atoms with E-state index >= 15 is 0 Å². The van der Waals surface area contributed by atoms with Crippen molar-refractivity contribution in [3.8, 4) is 11.1 Å². The van der Waals surface area contributed by atoms with Crippen molar-refractivity contribution in [1.29, 1.82) is 0 Å². The summed E-state index contributed by atoms with van der Waals surface area (Å²) in [5.41, 5.74) is 11.3. The Morgan fingerprint density at radius 1 is 1.18 bits per heavy atom. The van der Waals surface area contributed by atoms with E-state index in [-0.39, 0.29) is 0 Å². The third-order valence-electron chi connectivity index (χ3n) is 2.36. The number of amidine groups is 1. The van der Waals surface area contributed by atoms with Gasteiger partial charge < -0.3 is 11.2 Å². The van der Waals surface area contributed by atoms with Crippen LogP contribution in [0.15, 0.2) is 53.8 Å². The second kappa shape index (κ2) is 5.12. The van der Waals surface area contributed by atoms with Gasteiger partial charge in [0.2, 0.25) is 0 Å². The van der Waals surface area contributed by atoms with E-state index < -0.39 is 0 Å². The SMILES string of the molecule is CN/N=C(\N)c1cc(-c2ccccc2)ccn1. The van der Waals surface area contributed by atoms with Gasteiger partial charge in [0.15, 0.2) is 5.84 Å². The molecule has 0 amide bonds. The molecule has 4 heteroatoms. The van der Waals surface area contributed by atoms with Crippen molar-refractivity contribution < 1.29 is 0 Å². The first-order valence-corrected chi connectivity index (χ1v) is 5.33. The minimum atomic E-state index is 0.380. The summed E-state index contributed by atoms with van der Waals surface area (Å²) in [6, 6.07) is 14.0. The lowest BCUT2D eigenvalue weighted by Crippen LogP contribution is -2.18. The lowest BCUT2D eigenvalue weighted by Gasteiger charge is -2.04. The number of hydrogen-bond acceptors (Lipinski definition) is 3. The molecule has 0 unspecified atom stereocenters. The van der Waals surface area contributed by atoms with Gasteiger partial charge in [-0.25, -0.2) is 0 Å². The number of nitrogens with one attached hydrogen (secondary N) is 1. The number of hydrazone groups is 1. The molecule has 1 aromatic carbocycles. The molecule has 0 saturated heterocycles. The van der Waals surface area contributed by atoms with Crippen molar-refractivity contribution in [2.75, 3.05) is 7.05 Å². The number of pyridine rings is 1. The molecular weight excluding hydrogens is 212 g/mol. The largest absolute Gasteiger partial charge is 0.380 e. The average Bonchev–Trinajstić information content (AvgIpc) is 2.40. The molecule has 0 saturated carbocycles. The Morgan fingerprint density at radius 3 is 2.65 bits per heavy atom. The second-order valence-corrected chi connectivity index (χ2v) is 3.52. The van der Waals surface area contributed by atoms with E-state index in [1.165, 1.54) is 0 Å². The first kappa shape index (κ1) is 11.1. The number of hydrogen-bond donors (Lipinski definition) is 2. The van der Waals surface area contributed by atoms with Gasteiger partial charge in [0.05, 0.1) is 0 Å². The van der Waals surface area contributed by atoms with E-state index in [2.05, 4.69) is 15.5 Å². The third-order valence-corrected chi connectivity index (χ3v) is 2.36. The maximum absolute atomic E-state index is 5.78. The van der Waals surface area contributed by atoms with Gasteiger partial charge >= 0.3 is 0 Å². The Hall–Kier alpha value is -2.36. The number of rotatable bonds is 3. The maximum Gasteiger partial charge on any atom is 0.169 e. The summed E-state index contributed by atoms with van der Waals surface area (Å²) < 4.78 is 0. The summed E-state index contributed by atoms with van der Waals surface area (Å²) in [6.07, 6.45) is 1.73. The average molecular weight is 226 g/mol. The molecule has 0 fully saturated rings. The van der Waals surface area contributed by atoms with Gasteiger partial charge in [-0.2, -0.15) is 5.10 Å². The highest BCUT2D eigenvalue weighted by Crippen LogP contribution is 2.18. The Bertz CT molecular complexity index is 520. The highest BCUT2D eigenvalue weighted by atomic mass is 15.3. The molecular formula is C13H14N4. The van der Waals surface area contributed by atoms with Crippen molar-refractivity contribution in [1.82, 2.24) is 10.4 Å². The molecule has 0 bridgehead atoms. The zero-order chi connectivity index (χ0) is 12.1. The minimum absolute atomic E-state index is 0.380. The third kappa shape index (κ3) is 2.60. The Kier molecular flexibility index (Phi) is 3.35. The molecule has 0 spiro atoms. The fourth-order valence-electron chi connectivity index (χ4n) is 1.56. The van der Waals surface area contributed by atoms with Crippen molar-refractivity contribution >= 4 is 5.84 Å². The van der Waals surface area contributed by atoms with Crippen LogP contribution in [0, 0.1) is 0 Å². The normalized spacial score (nSPS) is 11.2. The first-order chi connectivity index (χ1) is 8.31. The monoisotopic (exact) mass is 226 g/mol. The number of aromatic nitrogens is 1. The molecule has 2 aromatic rings. The lowest BCUT2D eigenvalue weighted by atomic mass is 10.1. The smallest absolute Gasteiger partial charge is 0.169 e. The predicted molar refractivity (Wildman–Crippen MR) is 69.5 cm³/mol. The van der Waals surface area contributed by atoms with E-state index in [1.54, 1.807) is 13.2 Å².